The van der Waals surface area contributed by atoms with Crippen molar-refractivity contribution < 1.29 is 18.7 Å². The molecule has 2 aromatic carbocycles. The van der Waals surface area contributed by atoms with Crippen molar-refractivity contribution in [3.05, 3.63) is 65.5 Å². The van der Waals surface area contributed by atoms with Crippen molar-refractivity contribution in [1.82, 2.24) is 10.6 Å². The fraction of sp³-hybridized carbons (Fsp3) is 0.318. The molecule has 1 heterocycles. The molecule has 3 amide bonds. The van der Waals surface area contributed by atoms with Crippen molar-refractivity contribution in [2.45, 2.75) is 25.6 Å². The summed E-state index contributed by atoms with van der Waals surface area (Å²) in [6.45, 7) is 3.87. The Balaban J connectivity index is 2.02. The number of aliphatic imine (C=N–C) groups is 1. The van der Waals surface area contributed by atoms with Gasteiger partial charge in [-0.3, -0.25) is 4.79 Å². The molecule has 1 atom stereocenters. The summed E-state index contributed by atoms with van der Waals surface area (Å²) in [6.07, 6.45) is -1.23. The van der Waals surface area contributed by atoms with Gasteiger partial charge in [-0.2, -0.15) is 0 Å². The molecule has 2 aromatic rings. The molecule has 0 radical (unpaired) electrons. The van der Waals surface area contributed by atoms with Crippen molar-refractivity contribution >= 4 is 23.3 Å². The number of halogens is 1. The zero-order valence-electron chi connectivity index (χ0n) is 17.4. The maximum absolute atomic E-state index is 14.6. The molecule has 30 heavy (non-hydrogen) atoms. The summed E-state index contributed by atoms with van der Waals surface area (Å²) >= 11 is 0. The largest absolute Gasteiger partial charge is 0.382 e. The molecule has 8 heteroatoms. The van der Waals surface area contributed by atoms with Crippen LogP contribution in [0.2, 0.25) is 0 Å². The Hall–Kier alpha value is -3.26. The Labute approximate surface area is 174 Å². The van der Waals surface area contributed by atoms with Gasteiger partial charge in [0.1, 0.15) is 5.82 Å². The van der Waals surface area contributed by atoms with Gasteiger partial charge >= 0.3 is 6.03 Å². The van der Waals surface area contributed by atoms with Crippen LogP contribution in [0.25, 0.3) is 0 Å². The second-order valence-electron chi connectivity index (χ2n) is 7.69. The highest BCUT2D eigenvalue weighted by molar-refractivity contribution is 6.20. The predicted octanol–water partition coefficient (Wildman–Crippen LogP) is 2.69. The van der Waals surface area contributed by atoms with E-state index < -0.39 is 29.5 Å². The SMILES string of the molecule is COCC(C)(C)NC(=O)NC1N=C(c2ccccc2F)c2ccccc2N(C)C1=O. The maximum Gasteiger partial charge on any atom is 0.317 e. The number of anilines is 1. The molecule has 3 rings (SSSR count). The number of benzodiazepines with no additional fused rings is 1. The first kappa shape index (κ1) is 21.4. The van der Waals surface area contributed by atoms with Crippen molar-refractivity contribution in [3.63, 3.8) is 0 Å². The predicted molar refractivity (Wildman–Crippen MR) is 113 cm³/mol. The number of amides is 3. The van der Waals surface area contributed by atoms with Gasteiger partial charge in [0, 0.05) is 25.3 Å². The van der Waals surface area contributed by atoms with E-state index in [0.717, 1.165) is 0 Å². The van der Waals surface area contributed by atoms with Crippen molar-refractivity contribution in [3.8, 4) is 0 Å². The van der Waals surface area contributed by atoms with E-state index in [0.29, 0.717) is 17.0 Å². The number of hydrogen-bond donors (Lipinski definition) is 2. The van der Waals surface area contributed by atoms with Gasteiger partial charge in [-0.15, -0.1) is 0 Å². The minimum atomic E-state index is -1.23. The van der Waals surface area contributed by atoms with Crippen LogP contribution in [0, 0.1) is 5.82 Å². The summed E-state index contributed by atoms with van der Waals surface area (Å²) in [7, 11) is 3.13. The van der Waals surface area contributed by atoms with Gasteiger partial charge in [0.25, 0.3) is 5.91 Å². The Morgan fingerprint density at radius 1 is 1.17 bits per heavy atom. The number of urea groups is 1. The minimum Gasteiger partial charge on any atom is -0.382 e. The van der Waals surface area contributed by atoms with Gasteiger partial charge in [-0.05, 0) is 32.0 Å². The number of carbonyl (C=O) groups excluding carboxylic acids is 2. The van der Waals surface area contributed by atoms with Crippen LogP contribution in [0.3, 0.4) is 0 Å². The molecule has 0 aromatic heterocycles. The normalized spacial score (nSPS) is 16.4. The van der Waals surface area contributed by atoms with Gasteiger partial charge in [0.15, 0.2) is 0 Å². The summed E-state index contributed by atoms with van der Waals surface area (Å²) in [5.74, 6) is -0.902. The number of para-hydroxylation sites is 1. The molecular formula is C22H25FN4O3. The van der Waals surface area contributed by atoms with E-state index >= 15 is 0 Å². The first-order valence-electron chi connectivity index (χ1n) is 9.51. The standard InChI is InChI=1S/C22H25FN4O3/c1-22(2,13-30-4)26-21(29)25-19-20(28)27(3)17-12-8-6-10-15(17)18(24-19)14-9-5-7-11-16(14)23/h5-12,19H,13H2,1-4H3,(H2,25,26,29). The second-order valence-corrected chi connectivity index (χ2v) is 7.69. The molecule has 0 fully saturated rings. The number of nitrogens with one attached hydrogen (secondary N) is 2. The van der Waals surface area contributed by atoms with E-state index in [1.165, 1.54) is 18.1 Å². The summed E-state index contributed by atoms with van der Waals surface area (Å²) in [5.41, 5.74) is 1.07. The number of fused-ring (bicyclic) bond motifs is 1. The highest BCUT2D eigenvalue weighted by atomic mass is 19.1. The van der Waals surface area contributed by atoms with Crippen LogP contribution in [0.15, 0.2) is 53.5 Å². The quantitative estimate of drug-likeness (QED) is 0.792. The Morgan fingerprint density at radius 2 is 1.80 bits per heavy atom. The minimum absolute atomic E-state index is 0.250. The number of methoxy groups -OCH3 is 1. The molecule has 0 spiro atoms. The number of rotatable bonds is 5. The third-order valence-corrected chi connectivity index (χ3v) is 4.70. The average Bonchev–Trinajstić information content (AvgIpc) is 2.79. The molecular weight excluding hydrogens is 387 g/mol. The fourth-order valence-corrected chi connectivity index (χ4v) is 3.35. The summed E-state index contributed by atoms with van der Waals surface area (Å²) < 4.78 is 19.7. The van der Waals surface area contributed by atoms with Crippen molar-refractivity contribution in [2.75, 3.05) is 25.7 Å². The molecule has 1 aliphatic heterocycles. The molecule has 2 N–H and O–H groups in total. The van der Waals surface area contributed by atoms with E-state index in [9.17, 15) is 14.0 Å². The van der Waals surface area contributed by atoms with Crippen LogP contribution < -0.4 is 15.5 Å². The molecule has 0 saturated carbocycles. The third-order valence-electron chi connectivity index (χ3n) is 4.70. The number of hydrogen-bond acceptors (Lipinski definition) is 4. The van der Waals surface area contributed by atoms with E-state index in [1.54, 1.807) is 63.4 Å². The number of nitrogens with zero attached hydrogens (tertiary/aromatic N) is 2. The average molecular weight is 412 g/mol. The van der Waals surface area contributed by atoms with Crippen LogP contribution in [0.4, 0.5) is 14.9 Å². The molecule has 158 valence electrons. The molecule has 1 unspecified atom stereocenters. The van der Waals surface area contributed by atoms with E-state index in [-0.39, 0.29) is 12.2 Å². The highest BCUT2D eigenvalue weighted by Crippen LogP contribution is 2.28. The van der Waals surface area contributed by atoms with Gasteiger partial charge in [0.2, 0.25) is 6.17 Å². The molecule has 1 aliphatic rings. The van der Waals surface area contributed by atoms with Crippen LogP contribution in [-0.4, -0.2) is 50.1 Å². The van der Waals surface area contributed by atoms with Crippen molar-refractivity contribution in [1.29, 1.82) is 0 Å². The van der Waals surface area contributed by atoms with Crippen LogP contribution in [0.5, 0.6) is 0 Å². The fourth-order valence-electron chi connectivity index (χ4n) is 3.35. The topological polar surface area (TPSA) is 83.0 Å². The maximum atomic E-state index is 14.6. The van der Waals surface area contributed by atoms with E-state index in [1.807, 2.05) is 0 Å². The monoisotopic (exact) mass is 412 g/mol. The lowest BCUT2D eigenvalue weighted by molar-refractivity contribution is -0.119. The number of carbonyl (C=O) groups is 2. The smallest absolute Gasteiger partial charge is 0.317 e. The van der Waals surface area contributed by atoms with Crippen LogP contribution in [0.1, 0.15) is 25.0 Å². The number of likely N-dealkylation sites (N-methyl/N-ethyl adjacent to an activating group) is 1. The Bertz CT molecular complexity index is 990. The number of ether oxygens (including phenoxy) is 1. The lowest BCUT2D eigenvalue weighted by Gasteiger charge is -2.27. The van der Waals surface area contributed by atoms with Crippen LogP contribution >= 0.6 is 0 Å². The molecule has 7 nitrogen and oxygen atoms in total. The van der Waals surface area contributed by atoms with Crippen molar-refractivity contribution in [2.24, 2.45) is 4.99 Å². The molecule has 0 aliphatic carbocycles. The lowest BCUT2D eigenvalue weighted by atomic mass is 10.00. The highest BCUT2D eigenvalue weighted by Gasteiger charge is 2.32. The molecule has 0 saturated heterocycles. The van der Waals surface area contributed by atoms with E-state index in [2.05, 4.69) is 15.6 Å². The zero-order valence-corrected chi connectivity index (χ0v) is 17.4. The third kappa shape index (κ3) is 4.49. The summed E-state index contributed by atoms with van der Waals surface area (Å²) in [5, 5.41) is 5.36. The van der Waals surface area contributed by atoms with Gasteiger partial charge in [-0.1, -0.05) is 30.3 Å². The summed E-state index contributed by atoms with van der Waals surface area (Å²) in [4.78, 5) is 31.5. The van der Waals surface area contributed by atoms with Gasteiger partial charge in [-0.25, -0.2) is 14.2 Å². The molecule has 0 bridgehead atoms. The Morgan fingerprint density at radius 3 is 2.47 bits per heavy atom. The van der Waals surface area contributed by atoms with Gasteiger partial charge < -0.3 is 20.3 Å². The lowest BCUT2D eigenvalue weighted by Crippen LogP contribution is -2.55. The summed E-state index contributed by atoms with van der Waals surface area (Å²) in [6, 6.07) is 12.7. The zero-order chi connectivity index (χ0) is 21.9. The van der Waals surface area contributed by atoms with Crippen LogP contribution in [-0.2, 0) is 9.53 Å². The second kappa shape index (κ2) is 8.62. The first-order chi connectivity index (χ1) is 14.2. The first-order valence-corrected chi connectivity index (χ1v) is 9.51. The number of benzene rings is 2. The Kier molecular flexibility index (Phi) is 6.17. The van der Waals surface area contributed by atoms with Gasteiger partial charge in [0.05, 0.1) is 23.5 Å². The van der Waals surface area contributed by atoms with E-state index in [4.69, 9.17) is 4.74 Å².